The van der Waals surface area contributed by atoms with Crippen LogP contribution in [0.3, 0.4) is 0 Å². The summed E-state index contributed by atoms with van der Waals surface area (Å²) in [6, 6.07) is 9.48. The van der Waals surface area contributed by atoms with E-state index in [9.17, 15) is 9.59 Å². The number of aromatic nitrogens is 1. The Kier molecular flexibility index (Phi) is 13.0. The summed E-state index contributed by atoms with van der Waals surface area (Å²) in [5.74, 6) is 0.433. The van der Waals surface area contributed by atoms with Crippen LogP contribution in [0.15, 0.2) is 53.3 Å². The fourth-order valence-corrected chi connectivity index (χ4v) is 4.55. The maximum absolute atomic E-state index is 12.7. The summed E-state index contributed by atoms with van der Waals surface area (Å²) in [7, 11) is 0. The van der Waals surface area contributed by atoms with Crippen LogP contribution in [0.4, 0.5) is 5.69 Å². The Labute approximate surface area is 234 Å². The Bertz CT molecular complexity index is 1150. The van der Waals surface area contributed by atoms with Gasteiger partial charge in [0, 0.05) is 55.2 Å². The number of amides is 1. The summed E-state index contributed by atoms with van der Waals surface area (Å²) in [6.45, 7) is 14.4. The highest BCUT2D eigenvalue weighted by Gasteiger charge is 2.18. The molecule has 1 unspecified atom stereocenters. The normalized spacial score (nSPS) is 14.5. The quantitative estimate of drug-likeness (QED) is 0.148. The Balaban J connectivity index is 1.95. The van der Waals surface area contributed by atoms with E-state index in [2.05, 4.69) is 71.8 Å². The number of benzene rings is 1. The number of hydrogen-bond donors (Lipinski definition) is 4. The highest BCUT2D eigenvalue weighted by atomic mass is 16.1. The van der Waals surface area contributed by atoms with E-state index in [0.29, 0.717) is 12.1 Å². The molecule has 0 aliphatic carbocycles. The van der Waals surface area contributed by atoms with Gasteiger partial charge in [0.2, 0.25) is 0 Å². The van der Waals surface area contributed by atoms with Crippen LogP contribution in [0.5, 0.6) is 0 Å². The number of pyridine rings is 1. The minimum absolute atomic E-state index is 0.0588. The van der Waals surface area contributed by atoms with Crippen molar-refractivity contribution in [3.63, 3.8) is 0 Å². The van der Waals surface area contributed by atoms with Crippen LogP contribution in [0, 0.1) is 13.8 Å². The number of ketones is 1. The topological polar surface area (TPSA) is 122 Å². The SMILES string of the molecule is CCC[C@H](C[C@@H](C)NC(=O)c1ccnc(C(C)=O)c1)NCC(N)/C(=C\N=C(C)Nc1cc(C)cc(C)c1)CC. The first-order chi connectivity index (χ1) is 18.5. The monoisotopic (exact) mass is 534 g/mol. The summed E-state index contributed by atoms with van der Waals surface area (Å²) in [4.78, 5) is 33.0. The molecule has 0 aliphatic heterocycles. The molecule has 0 saturated carbocycles. The van der Waals surface area contributed by atoms with Gasteiger partial charge in [0.25, 0.3) is 5.91 Å². The lowest BCUT2D eigenvalue weighted by atomic mass is 10.0. The lowest BCUT2D eigenvalue weighted by Gasteiger charge is -2.25. The third kappa shape index (κ3) is 11.1. The first-order valence-electron chi connectivity index (χ1n) is 13.9. The number of carbonyl (C=O) groups excluding carboxylic acids is 2. The van der Waals surface area contributed by atoms with Crippen molar-refractivity contribution in [2.75, 3.05) is 11.9 Å². The van der Waals surface area contributed by atoms with Crippen LogP contribution in [-0.4, -0.2) is 47.2 Å². The Morgan fingerprint density at radius 3 is 2.41 bits per heavy atom. The molecule has 0 spiro atoms. The number of hydrogen-bond acceptors (Lipinski definition) is 6. The van der Waals surface area contributed by atoms with Gasteiger partial charge in [-0.05, 0) is 87.9 Å². The molecular formula is C31H46N6O2. The summed E-state index contributed by atoms with van der Waals surface area (Å²) < 4.78 is 0. The van der Waals surface area contributed by atoms with Crippen molar-refractivity contribution < 1.29 is 9.59 Å². The zero-order valence-corrected chi connectivity index (χ0v) is 24.6. The number of aryl methyl sites for hydroxylation is 2. The van der Waals surface area contributed by atoms with Crippen LogP contribution < -0.4 is 21.7 Å². The fourth-order valence-electron chi connectivity index (χ4n) is 4.55. The summed E-state index contributed by atoms with van der Waals surface area (Å²) in [5.41, 5.74) is 11.8. The first kappa shape index (κ1) is 31.9. The van der Waals surface area contributed by atoms with Gasteiger partial charge in [0.05, 0.1) is 0 Å². The van der Waals surface area contributed by atoms with Gasteiger partial charge in [-0.1, -0.05) is 26.3 Å². The van der Waals surface area contributed by atoms with E-state index in [-0.39, 0.29) is 35.5 Å². The van der Waals surface area contributed by atoms with E-state index in [1.54, 1.807) is 6.07 Å². The highest BCUT2D eigenvalue weighted by molar-refractivity contribution is 5.98. The van der Waals surface area contributed by atoms with E-state index in [1.807, 2.05) is 20.0 Å². The average Bonchev–Trinajstić information content (AvgIpc) is 2.87. The molecule has 1 amide bonds. The molecule has 1 heterocycles. The smallest absolute Gasteiger partial charge is 0.251 e. The molecular weight excluding hydrogens is 488 g/mol. The number of nitrogens with zero attached hydrogens (tertiary/aromatic N) is 2. The van der Waals surface area contributed by atoms with Crippen molar-refractivity contribution in [1.29, 1.82) is 0 Å². The molecule has 0 bridgehead atoms. The van der Waals surface area contributed by atoms with E-state index in [4.69, 9.17) is 5.73 Å². The van der Waals surface area contributed by atoms with Crippen molar-refractivity contribution in [1.82, 2.24) is 15.6 Å². The Morgan fingerprint density at radius 2 is 1.79 bits per heavy atom. The predicted molar refractivity (Wildman–Crippen MR) is 161 cm³/mol. The highest BCUT2D eigenvalue weighted by Crippen LogP contribution is 2.14. The third-order valence-electron chi connectivity index (χ3n) is 6.52. The van der Waals surface area contributed by atoms with Crippen molar-refractivity contribution in [3.05, 3.63) is 70.7 Å². The van der Waals surface area contributed by atoms with Gasteiger partial charge in [0.15, 0.2) is 5.78 Å². The molecule has 1 aromatic carbocycles. The number of carbonyl (C=O) groups is 2. The second kappa shape index (κ2) is 15.9. The second-order valence-electron chi connectivity index (χ2n) is 10.4. The number of nitrogens with one attached hydrogen (secondary N) is 3. The molecule has 39 heavy (non-hydrogen) atoms. The van der Waals surface area contributed by atoms with Crippen molar-refractivity contribution >= 4 is 23.2 Å². The Hall–Kier alpha value is -3.36. The second-order valence-corrected chi connectivity index (χ2v) is 10.4. The van der Waals surface area contributed by atoms with Gasteiger partial charge in [-0.3, -0.25) is 14.6 Å². The van der Waals surface area contributed by atoms with Gasteiger partial charge >= 0.3 is 0 Å². The number of Topliss-reactive ketones (excluding diaryl/α,β-unsaturated/α-hetero) is 1. The minimum Gasteiger partial charge on any atom is -0.350 e. The van der Waals surface area contributed by atoms with Gasteiger partial charge in [-0.25, -0.2) is 4.99 Å². The standard InChI is InChI=1S/C31H46N6O2/c1-8-10-27(16-22(5)36-31(39)26-11-12-33-30(17-26)23(6)38)35-19-29(32)25(9-2)18-34-24(7)37-28-14-20(3)13-21(4)15-28/h11-15,17-18,22,27,29,35H,8-10,16,19,32H2,1-7H3,(H,34,37)(H,36,39)/b25-18-/t22-,27-,29?/m1/s1. The largest absolute Gasteiger partial charge is 0.350 e. The Morgan fingerprint density at radius 1 is 1.10 bits per heavy atom. The van der Waals surface area contributed by atoms with E-state index in [1.165, 1.54) is 30.3 Å². The maximum Gasteiger partial charge on any atom is 0.251 e. The summed E-state index contributed by atoms with van der Waals surface area (Å²) in [5, 5.41) is 10.0. The number of nitrogens with two attached hydrogens (primary N) is 1. The van der Waals surface area contributed by atoms with Crippen molar-refractivity contribution in [2.45, 2.75) is 92.3 Å². The van der Waals surface area contributed by atoms with Crippen LogP contribution in [0.25, 0.3) is 0 Å². The summed E-state index contributed by atoms with van der Waals surface area (Å²) >= 11 is 0. The van der Waals surface area contributed by atoms with E-state index >= 15 is 0 Å². The van der Waals surface area contributed by atoms with Crippen LogP contribution in [0.1, 0.15) is 92.3 Å². The molecule has 2 rings (SSSR count). The maximum atomic E-state index is 12.7. The van der Waals surface area contributed by atoms with Gasteiger partial charge < -0.3 is 21.7 Å². The van der Waals surface area contributed by atoms with Gasteiger partial charge in [0.1, 0.15) is 11.5 Å². The molecule has 0 fully saturated rings. The minimum atomic E-state index is -0.210. The number of aliphatic imine (C=N–C) groups is 1. The van der Waals surface area contributed by atoms with Crippen LogP contribution in [-0.2, 0) is 0 Å². The van der Waals surface area contributed by atoms with Crippen LogP contribution >= 0.6 is 0 Å². The number of rotatable bonds is 14. The van der Waals surface area contributed by atoms with E-state index < -0.39 is 0 Å². The molecule has 8 nitrogen and oxygen atoms in total. The molecule has 3 atom stereocenters. The van der Waals surface area contributed by atoms with E-state index in [0.717, 1.165) is 42.8 Å². The number of amidine groups is 1. The molecule has 0 aliphatic rings. The van der Waals surface area contributed by atoms with Crippen molar-refractivity contribution in [3.8, 4) is 0 Å². The molecule has 5 N–H and O–H groups in total. The fraction of sp³-hybridized carbons (Fsp3) is 0.484. The zero-order chi connectivity index (χ0) is 28.9. The molecule has 8 heteroatoms. The lowest BCUT2D eigenvalue weighted by Crippen LogP contribution is -2.44. The first-order valence-corrected chi connectivity index (χ1v) is 13.9. The van der Waals surface area contributed by atoms with Crippen LogP contribution in [0.2, 0.25) is 0 Å². The lowest BCUT2D eigenvalue weighted by molar-refractivity contribution is 0.0936. The average molecular weight is 535 g/mol. The predicted octanol–water partition coefficient (Wildman–Crippen LogP) is 5.32. The van der Waals surface area contributed by atoms with Gasteiger partial charge in [-0.15, -0.1) is 0 Å². The zero-order valence-electron chi connectivity index (χ0n) is 24.6. The van der Waals surface area contributed by atoms with Gasteiger partial charge in [-0.2, -0.15) is 0 Å². The molecule has 0 saturated heterocycles. The number of anilines is 1. The molecule has 1 aromatic heterocycles. The third-order valence-corrected chi connectivity index (χ3v) is 6.52. The van der Waals surface area contributed by atoms with Crippen molar-refractivity contribution in [2.24, 2.45) is 10.7 Å². The molecule has 2 aromatic rings. The summed E-state index contributed by atoms with van der Waals surface area (Å²) in [6.07, 6.45) is 6.92. The molecule has 212 valence electrons. The molecule has 0 radical (unpaired) electrons.